The van der Waals surface area contributed by atoms with Gasteiger partial charge in [-0.1, -0.05) is 17.7 Å². The zero-order valence-electron chi connectivity index (χ0n) is 20.9. The summed E-state index contributed by atoms with van der Waals surface area (Å²) in [5.74, 6) is 2.06. The van der Waals surface area contributed by atoms with Gasteiger partial charge in [0.25, 0.3) is 0 Å². The van der Waals surface area contributed by atoms with Gasteiger partial charge in [0.15, 0.2) is 11.5 Å². The summed E-state index contributed by atoms with van der Waals surface area (Å²) < 4.78 is 25.0. The molecule has 1 aromatic heterocycles. The molecule has 1 fully saturated rings. The summed E-state index contributed by atoms with van der Waals surface area (Å²) in [5.41, 5.74) is 1.09. The third-order valence-electron chi connectivity index (χ3n) is 5.95. The fourth-order valence-corrected chi connectivity index (χ4v) is 4.28. The molecule has 0 aliphatic carbocycles. The van der Waals surface area contributed by atoms with Crippen molar-refractivity contribution in [1.82, 2.24) is 14.7 Å². The first-order valence-corrected chi connectivity index (χ1v) is 12.5. The Labute approximate surface area is 217 Å². The quantitative estimate of drug-likeness (QED) is 0.387. The van der Waals surface area contributed by atoms with Crippen LogP contribution in [-0.2, 0) is 17.8 Å². The third kappa shape index (κ3) is 7.61. The standard InChI is InChI=1S/C27H34ClN3O5/c1-21-15-29-31(16-21)10-3-12-35-25-9-4-22(14-26(25)33-2)17-30-11-13-34-19-27(32,18-30)20-36-24-7-5-23(28)6-8-24/h4-9,14-16,32H,3,10-13,17-20H2,1-2H3. The number of rotatable bonds is 11. The zero-order chi connectivity index (χ0) is 25.4. The van der Waals surface area contributed by atoms with E-state index in [1.807, 2.05) is 42.2 Å². The van der Waals surface area contributed by atoms with Crippen LogP contribution in [0.2, 0.25) is 5.02 Å². The Hall–Kier alpha value is -2.78. The lowest BCUT2D eigenvalue weighted by atomic mass is 10.1. The molecule has 194 valence electrons. The predicted octanol–water partition coefficient (Wildman–Crippen LogP) is 3.96. The van der Waals surface area contributed by atoms with E-state index in [1.165, 1.54) is 0 Å². The highest BCUT2D eigenvalue weighted by Gasteiger charge is 2.33. The minimum Gasteiger partial charge on any atom is -0.493 e. The van der Waals surface area contributed by atoms with Crippen LogP contribution in [0.1, 0.15) is 17.5 Å². The van der Waals surface area contributed by atoms with Crippen molar-refractivity contribution in [2.45, 2.75) is 32.0 Å². The molecule has 0 saturated carbocycles. The van der Waals surface area contributed by atoms with Gasteiger partial charge >= 0.3 is 0 Å². The fourth-order valence-electron chi connectivity index (χ4n) is 4.15. The van der Waals surface area contributed by atoms with Crippen molar-refractivity contribution in [2.75, 3.05) is 46.6 Å². The summed E-state index contributed by atoms with van der Waals surface area (Å²) in [7, 11) is 1.64. The zero-order valence-corrected chi connectivity index (χ0v) is 21.6. The maximum absolute atomic E-state index is 11.2. The Morgan fingerprint density at radius 3 is 2.72 bits per heavy atom. The summed E-state index contributed by atoms with van der Waals surface area (Å²) in [5, 5.41) is 16.1. The molecule has 1 unspecified atom stereocenters. The summed E-state index contributed by atoms with van der Waals surface area (Å²) >= 11 is 5.94. The van der Waals surface area contributed by atoms with Crippen LogP contribution in [0, 0.1) is 6.92 Å². The lowest BCUT2D eigenvalue weighted by Crippen LogP contribution is -2.48. The predicted molar refractivity (Wildman–Crippen MR) is 138 cm³/mol. The highest BCUT2D eigenvalue weighted by Crippen LogP contribution is 2.29. The topological polar surface area (TPSA) is 78.2 Å². The molecule has 0 radical (unpaired) electrons. The Morgan fingerprint density at radius 1 is 1.14 bits per heavy atom. The Kier molecular flexibility index (Phi) is 9.09. The summed E-state index contributed by atoms with van der Waals surface area (Å²) in [6, 6.07) is 13.1. The SMILES string of the molecule is COc1cc(CN2CCOCC(O)(COc3ccc(Cl)cc3)C2)ccc1OCCCn1cc(C)cn1. The summed E-state index contributed by atoms with van der Waals surface area (Å²) in [6.07, 6.45) is 4.72. The van der Waals surface area contributed by atoms with Crippen molar-refractivity contribution in [3.8, 4) is 17.2 Å². The maximum atomic E-state index is 11.2. The molecule has 1 aliphatic heterocycles. The van der Waals surface area contributed by atoms with Crippen LogP contribution in [0.25, 0.3) is 0 Å². The van der Waals surface area contributed by atoms with Crippen LogP contribution >= 0.6 is 11.6 Å². The first-order valence-electron chi connectivity index (χ1n) is 12.1. The van der Waals surface area contributed by atoms with Crippen molar-refractivity contribution >= 4 is 11.6 Å². The second-order valence-corrected chi connectivity index (χ2v) is 9.63. The molecule has 9 heteroatoms. The molecular weight excluding hydrogens is 482 g/mol. The summed E-state index contributed by atoms with van der Waals surface area (Å²) in [6.45, 7) is 6.05. The molecule has 1 N–H and O–H groups in total. The number of aliphatic hydroxyl groups is 1. The van der Waals surface area contributed by atoms with Crippen LogP contribution in [0.5, 0.6) is 17.2 Å². The van der Waals surface area contributed by atoms with Gasteiger partial charge in [-0.15, -0.1) is 0 Å². The highest BCUT2D eigenvalue weighted by atomic mass is 35.5. The highest BCUT2D eigenvalue weighted by molar-refractivity contribution is 6.30. The number of nitrogens with zero attached hydrogens (tertiary/aromatic N) is 3. The van der Waals surface area contributed by atoms with E-state index in [-0.39, 0.29) is 13.2 Å². The van der Waals surface area contributed by atoms with Gasteiger partial charge in [-0.05, 0) is 54.4 Å². The van der Waals surface area contributed by atoms with E-state index in [0.29, 0.717) is 55.1 Å². The van der Waals surface area contributed by atoms with Gasteiger partial charge in [-0.25, -0.2) is 0 Å². The van der Waals surface area contributed by atoms with E-state index in [2.05, 4.69) is 10.00 Å². The Morgan fingerprint density at radius 2 is 1.97 bits per heavy atom. The number of hydrogen-bond donors (Lipinski definition) is 1. The average Bonchev–Trinajstić information content (AvgIpc) is 3.20. The molecule has 4 rings (SSSR count). The number of methoxy groups -OCH3 is 1. The van der Waals surface area contributed by atoms with E-state index in [4.69, 9.17) is 30.5 Å². The molecule has 3 aromatic rings. The number of β-amino-alcohol motifs (C(OH)–C–C–N with tert-alkyl or cyclic N) is 1. The monoisotopic (exact) mass is 515 g/mol. The fraction of sp³-hybridized carbons (Fsp3) is 0.444. The van der Waals surface area contributed by atoms with Gasteiger partial charge in [0.1, 0.15) is 18.0 Å². The molecule has 1 aliphatic rings. The van der Waals surface area contributed by atoms with Gasteiger partial charge in [0, 0.05) is 43.8 Å². The third-order valence-corrected chi connectivity index (χ3v) is 6.20. The first-order chi connectivity index (χ1) is 17.4. The van der Waals surface area contributed by atoms with Crippen molar-refractivity contribution in [1.29, 1.82) is 0 Å². The summed E-state index contributed by atoms with van der Waals surface area (Å²) in [4.78, 5) is 2.17. The number of hydrogen-bond acceptors (Lipinski definition) is 7. The molecule has 2 heterocycles. The van der Waals surface area contributed by atoms with E-state index in [1.54, 1.807) is 31.4 Å². The van der Waals surface area contributed by atoms with Crippen LogP contribution < -0.4 is 14.2 Å². The van der Waals surface area contributed by atoms with Crippen molar-refractivity contribution in [3.63, 3.8) is 0 Å². The van der Waals surface area contributed by atoms with Crippen LogP contribution in [0.3, 0.4) is 0 Å². The minimum absolute atomic E-state index is 0.124. The largest absolute Gasteiger partial charge is 0.493 e. The molecular formula is C27H34ClN3O5. The molecule has 0 spiro atoms. The van der Waals surface area contributed by atoms with Gasteiger partial charge in [-0.3, -0.25) is 9.58 Å². The smallest absolute Gasteiger partial charge is 0.161 e. The Balaban J connectivity index is 1.31. The normalized spacial score (nSPS) is 18.6. The molecule has 1 saturated heterocycles. The van der Waals surface area contributed by atoms with Gasteiger partial charge in [-0.2, -0.15) is 5.10 Å². The number of benzene rings is 2. The lowest BCUT2D eigenvalue weighted by molar-refractivity contribution is -0.0646. The molecule has 2 aromatic carbocycles. The second kappa shape index (κ2) is 12.5. The molecule has 36 heavy (non-hydrogen) atoms. The molecule has 1 atom stereocenters. The van der Waals surface area contributed by atoms with Crippen molar-refractivity contribution in [2.24, 2.45) is 0 Å². The Bertz CT molecular complexity index is 1110. The maximum Gasteiger partial charge on any atom is 0.161 e. The lowest BCUT2D eigenvalue weighted by Gasteiger charge is -2.30. The number of aryl methyl sites for hydroxylation is 2. The van der Waals surface area contributed by atoms with E-state index in [9.17, 15) is 5.11 Å². The number of aromatic nitrogens is 2. The van der Waals surface area contributed by atoms with Crippen LogP contribution in [0.15, 0.2) is 54.9 Å². The molecule has 0 bridgehead atoms. The van der Waals surface area contributed by atoms with E-state index in [0.717, 1.165) is 24.1 Å². The number of halogens is 1. The van der Waals surface area contributed by atoms with Crippen LogP contribution in [0.4, 0.5) is 0 Å². The van der Waals surface area contributed by atoms with Crippen LogP contribution in [-0.4, -0.2) is 72.0 Å². The van der Waals surface area contributed by atoms with Crippen molar-refractivity contribution < 1.29 is 24.1 Å². The molecule has 8 nitrogen and oxygen atoms in total. The minimum atomic E-state index is -1.13. The average molecular weight is 516 g/mol. The van der Waals surface area contributed by atoms with Gasteiger partial charge in [0.2, 0.25) is 0 Å². The first kappa shape index (κ1) is 26.3. The van der Waals surface area contributed by atoms with Crippen molar-refractivity contribution in [3.05, 3.63) is 71.0 Å². The van der Waals surface area contributed by atoms with Gasteiger partial charge < -0.3 is 24.1 Å². The second-order valence-electron chi connectivity index (χ2n) is 9.20. The van der Waals surface area contributed by atoms with E-state index >= 15 is 0 Å². The molecule has 0 amide bonds. The number of ether oxygens (including phenoxy) is 4. The van der Waals surface area contributed by atoms with E-state index < -0.39 is 5.60 Å². The van der Waals surface area contributed by atoms with Gasteiger partial charge in [0.05, 0.1) is 33.1 Å².